The van der Waals surface area contributed by atoms with E-state index in [0.717, 1.165) is 11.1 Å². The molecule has 2 aromatic rings. The van der Waals surface area contributed by atoms with Crippen LogP contribution in [0.2, 0.25) is 0 Å². The number of alkyl halides is 2. The maximum Gasteiger partial charge on any atom is 0.387 e. The normalized spacial score (nSPS) is 11.0. The first-order valence-electron chi connectivity index (χ1n) is 8.32. The molecule has 2 rings (SSSR count). The predicted molar refractivity (Wildman–Crippen MR) is 113 cm³/mol. The third kappa shape index (κ3) is 7.83. The van der Waals surface area contributed by atoms with E-state index in [1.807, 2.05) is 0 Å². The Morgan fingerprint density at radius 3 is 2.32 bits per heavy atom. The molecule has 0 radical (unpaired) electrons. The smallest absolute Gasteiger partial charge is 0.387 e. The lowest BCUT2D eigenvalue weighted by molar-refractivity contribution is -0.0512. The van der Waals surface area contributed by atoms with Gasteiger partial charge in [0.15, 0.2) is 17.5 Å². The van der Waals surface area contributed by atoms with Crippen LogP contribution in [0.3, 0.4) is 0 Å². The second-order valence-corrected chi connectivity index (χ2v) is 5.59. The lowest BCUT2D eigenvalue weighted by atomic mass is 10.1. The van der Waals surface area contributed by atoms with E-state index in [1.54, 1.807) is 31.3 Å². The number of benzene rings is 2. The first-order chi connectivity index (χ1) is 13.0. The van der Waals surface area contributed by atoms with Gasteiger partial charge in [0, 0.05) is 20.1 Å². The van der Waals surface area contributed by atoms with E-state index < -0.39 is 6.61 Å². The molecular formula is C19H23F3IN3O2. The highest BCUT2D eigenvalue weighted by atomic mass is 127. The highest BCUT2D eigenvalue weighted by Gasteiger charge is 2.11. The topological polar surface area (TPSA) is 54.9 Å². The van der Waals surface area contributed by atoms with Crippen LogP contribution in [0.15, 0.2) is 47.5 Å². The Bertz CT molecular complexity index is 759. The van der Waals surface area contributed by atoms with Crippen LogP contribution >= 0.6 is 24.0 Å². The summed E-state index contributed by atoms with van der Waals surface area (Å²) in [6, 6.07) is 11.1. The zero-order valence-electron chi connectivity index (χ0n) is 15.5. The lowest BCUT2D eigenvalue weighted by Gasteiger charge is -2.13. The van der Waals surface area contributed by atoms with E-state index in [9.17, 15) is 13.2 Å². The summed E-state index contributed by atoms with van der Waals surface area (Å²) >= 11 is 0. The van der Waals surface area contributed by atoms with Gasteiger partial charge in [0.2, 0.25) is 0 Å². The number of aliphatic imine (C=N–C) groups is 1. The van der Waals surface area contributed by atoms with Gasteiger partial charge in [-0.15, -0.1) is 24.0 Å². The molecule has 0 aliphatic rings. The van der Waals surface area contributed by atoms with Crippen LogP contribution in [0.1, 0.15) is 11.1 Å². The molecule has 0 amide bonds. The summed E-state index contributed by atoms with van der Waals surface area (Å²) < 4.78 is 47.4. The van der Waals surface area contributed by atoms with Crippen molar-refractivity contribution in [3.05, 3.63) is 59.4 Å². The fourth-order valence-corrected chi connectivity index (χ4v) is 2.40. The van der Waals surface area contributed by atoms with E-state index in [2.05, 4.69) is 20.4 Å². The molecule has 0 atom stereocenters. The molecule has 0 aromatic heterocycles. The average molecular weight is 509 g/mol. The highest BCUT2D eigenvalue weighted by molar-refractivity contribution is 14.0. The molecule has 0 aliphatic heterocycles. The lowest BCUT2D eigenvalue weighted by Crippen LogP contribution is -2.37. The molecule has 0 bridgehead atoms. The number of ether oxygens (including phenoxy) is 2. The average Bonchev–Trinajstić information content (AvgIpc) is 2.65. The summed E-state index contributed by atoms with van der Waals surface area (Å²) in [5.41, 5.74) is 1.73. The Kier molecular flexibility index (Phi) is 10.5. The molecule has 28 heavy (non-hydrogen) atoms. The van der Waals surface area contributed by atoms with Gasteiger partial charge in [-0.05, 0) is 41.8 Å². The number of nitrogens with one attached hydrogen (secondary N) is 2. The van der Waals surface area contributed by atoms with Crippen molar-refractivity contribution in [3.8, 4) is 11.5 Å². The van der Waals surface area contributed by atoms with E-state index in [4.69, 9.17) is 4.74 Å². The van der Waals surface area contributed by atoms with Gasteiger partial charge < -0.3 is 20.1 Å². The molecule has 0 heterocycles. The van der Waals surface area contributed by atoms with Crippen LogP contribution in [-0.2, 0) is 13.0 Å². The first kappa shape index (κ1) is 23.9. The largest absolute Gasteiger partial charge is 0.493 e. The van der Waals surface area contributed by atoms with Crippen LogP contribution in [-0.4, -0.2) is 33.3 Å². The van der Waals surface area contributed by atoms with Crippen LogP contribution in [0.4, 0.5) is 13.2 Å². The number of hydrogen-bond acceptors (Lipinski definition) is 3. The van der Waals surface area contributed by atoms with Crippen molar-refractivity contribution < 1.29 is 22.6 Å². The summed E-state index contributed by atoms with van der Waals surface area (Å²) in [5.74, 6) is 0.556. The Morgan fingerprint density at radius 2 is 1.71 bits per heavy atom. The van der Waals surface area contributed by atoms with Gasteiger partial charge in [-0.1, -0.05) is 18.2 Å². The Hall–Kier alpha value is -2.17. The third-order valence-electron chi connectivity index (χ3n) is 3.75. The van der Waals surface area contributed by atoms with Crippen molar-refractivity contribution in [2.24, 2.45) is 4.99 Å². The first-order valence-corrected chi connectivity index (χ1v) is 8.32. The van der Waals surface area contributed by atoms with Crippen molar-refractivity contribution >= 4 is 29.9 Å². The molecule has 9 heteroatoms. The molecule has 0 fully saturated rings. The molecule has 0 unspecified atom stereocenters. The monoisotopic (exact) mass is 509 g/mol. The summed E-state index contributed by atoms with van der Waals surface area (Å²) in [7, 11) is 3.04. The molecule has 0 spiro atoms. The van der Waals surface area contributed by atoms with Crippen molar-refractivity contribution in [2.75, 3.05) is 20.7 Å². The van der Waals surface area contributed by atoms with Crippen molar-refractivity contribution in [1.29, 1.82) is 0 Å². The van der Waals surface area contributed by atoms with Crippen molar-refractivity contribution in [2.45, 2.75) is 19.6 Å². The zero-order chi connectivity index (χ0) is 19.6. The maximum absolute atomic E-state index is 12.9. The maximum atomic E-state index is 12.9. The van der Waals surface area contributed by atoms with Gasteiger partial charge >= 0.3 is 6.61 Å². The summed E-state index contributed by atoms with van der Waals surface area (Å²) in [6.45, 7) is -1.89. The van der Waals surface area contributed by atoms with E-state index in [1.165, 1.54) is 25.3 Å². The van der Waals surface area contributed by atoms with Gasteiger partial charge in [-0.2, -0.15) is 8.78 Å². The number of hydrogen-bond donors (Lipinski definition) is 2. The molecular weight excluding hydrogens is 486 g/mol. The fraction of sp³-hybridized carbons (Fsp3) is 0.316. The molecule has 5 nitrogen and oxygen atoms in total. The van der Waals surface area contributed by atoms with Crippen molar-refractivity contribution in [3.63, 3.8) is 0 Å². The predicted octanol–water partition coefficient (Wildman–Crippen LogP) is 3.96. The summed E-state index contributed by atoms with van der Waals surface area (Å²) in [4.78, 5) is 4.11. The minimum absolute atomic E-state index is 0. The highest BCUT2D eigenvalue weighted by Crippen LogP contribution is 2.29. The van der Waals surface area contributed by atoms with E-state index >= 15 is 0 Å². The van der Waals surface area contributed by atoms with Crippen LogP contribution in [0, 0.1) is 5.82 Å². The van der Waals surface area contributed by atoms with E-state index in [0.29, 0.717) is 25.5 Å². The Morgan fingerprint density at radius 1 is 1.04 bits per heavy atom. The molecule has 2 N–H and O–H groups in total. The second kappa shape index (κ2) is 12.3. The molecule has 2 aromatic carbocycles. The number of guanidine groups is 1. The Labute approximate surface area is 179 Å². The van der Waals surface area contributed by atoms with Gasteiger partial charge in [-0.25, -0.2) is 4.39 Å². The van der Waals surface area contributed by atoms with Crippen LogP contribution in [0.5, 0.6) is 11.5 Å². The van der Waals surface area contributed by atoms with Crippen LogP contribution < -0.4 is 20.1 Å². The van der Waals surface area contributed by atoms with Gasteiger partial charge in [-0.3, -0.25) is 4.99 Å². The minimum atomic E-state index is -2.92. The minimum Gasteiger partial charge on any atom is -0.493 e. The van der Waals surface area contributed by atoms with E-state index in [-0.39, 0.29) is 41.3 Å². The van der Waals surface area contributed by atoms with Crippen molar-refractivity contribution in [1.82, 2.24) is 10.6 Å². The number of rotatable bonds is 8. The third-order valence-corrected chi connectivity index (χ3v) is 3.75. The SMILES string of the molecule is CN=C(NCCc1ccc(OC)c(OC(F)F)c1)NCc1ccc(F)cc1.I. The summed E-state index contributed by atoms with van der Waals surface area (Å²) in [5, 5.41) is 6.25. The zero-order valence-corrected chi connectivity index (χ0v) is 17.9. The second-order valence-electron chi connectivity index (χ2n) is 5.59. The molecule has 154 valence electrons. The van der Waals surface area contributed by atoms with Gasteiger partial charge in [0.25, 0.3) is 0 Å². The molecule has 0 aliphatic carbocycles. The van der Waals surface area contributed by atoms with Crippen LogP contribution in [0.25, 0.3) is 0 Å². The summed E-state index contributed by atoms with van der Waals surface area (Å²) in [6.07, 6.45) is 0.570. The number of methoxy groups -OCH3 is 1. The standard InChI is InChI=1S/C19H22F3N3O2.HI/c1-23-19(25-12-14-3-6-15(20)7-4-14)24-10-9-13-5-8-16(26-2)17(11-13)27-18(21)22;/h3-8,11,18H,9-10,12H2,1-2H3,(H2,23,24,25);1H. The van der Waals surface area contributed by atoms with Gasteiger partial charge in [0.1, 0.15) is 5.82 Å². The Balaban J connectivity index is 0.00000392. The number of halogens is 4. The molecule has 0 saturated heterocycles. The fourth-order valence-electron chi connectivity index (χ4n) is 2.40. The quantitative estimate of drug-likeness (QED) is 0.322. The van der Waals surface area contributed by atoms with Gasteiger partial charge in [0.05, 0.1) is 7.11 Å². The molecule has 0 saturated carbocycles. The number of nitrogens with zero attached hydrogens (tertiary/aromatic N) is 1.